The molecule has 1 atom stereocenters. The monoisotopic (exact) mass is 296 g/mol. The van der Waals surface area contributed by atoms with Gasteiger partial charge in [0.2, 0.25) is 5.91 Å². The highest BCUT2D eigenvalue weighted by molar-refractivity contribution is 7.99. The maximum Gasteiger partial charge on any atom is 0.245 e. The number of carbonyl (C=O) groups excluding carboxylic acids is 1. The van der Waals surface area contributed by atoms with Crippen LogP contribution in [-0.2, 0) is 17.6 Å². The van der Waals surface area contributed by atoms with Crippen LogP contribution < -0.4 is 11.1 Å². The van der Waals surface area contributed by atoms with Gasteiger partial charge < -0.3 is 11.1 Å². The molecule has 1 aliphatic carbocycles. The second kappa shape index (κ2) is 4.90. The molecule has 1 heterocycles. The van der Waals surface area contributed by atoms with Crippen LogP contribution in [-0.4, -0.2) is 5.91 Å². The average Bonchev–Trinajstić information content (AvgIpc) is 3.04. The van der Waals surface area contributed by atoms with E-state index in [1.54, 1.807) is 11.8 Å². The zero-order valence-electron chi connectivity index (χ0n) is 11.6. The summed E-state index contributed by atoms with van der Waals surface area (Å²) in [5, 5.41) is 2.84. The quantitative estimate of drug-likeness (QED) is 0.894. The molecule has 0 fully saturated rings. The molecule has 3 N–H and O–H groups in total. The third-order valence-corrected chi connectivity index (χ3v) is 5.19. The molecule has 1 amide bonds. The predicted molar refractivity (Wildman–Crippen MR) is 84.6 cm³/mol. The Morgan fingerprint density at radius 3 is 2.71 bits per heavy atom. The Kier molecular flexibility index (Phi) is 3.01. The minimum atomic E-state index is -0.529. The summed E-state index contributed by atoms with van der Waals surface area (Å²) in [4.78, 5) is 14.0. The van der Waals surface area contributed by atoms with Gasteiger partial charge in [0, 0.05) is 21.0 Å². The fourth-order valence-corrected chi connectivity index (χ4v) is 4.00. The van der Waals surface area contributed by atoms with Gasteiger partial charge >= 0.3 is 0 Å². The molecule has 4 heteroatoms. The molecule has 0 aromatic heterocycles. The number of fused-ring (bicyclic) bond motifs is 2. The molecular formula is C17H16N2OS. The van der Waals surface area contributed by atoms with E-state index < -0.39 is 6.04 Å². The first-order chi connectivity index (χ1) is 10.2. The highest BCUT2D eigenvalue weighted by Crippen LogP contribution is 2.37. The van der Waals surface area contributed by atoms with Gasteiger partial charge in [-0.2, -0.15) is 0 Å². The molecule has 2 aromatic carbocycles. The maximum absolute atomic E-state index is 11.6. The molecule has 0 saturated heterocycles. The van der Waals surface area contributed by atoms with Gasteiger partial charge in [-0.1, -0.05) is 23.9 Å². The van der Waals surface area contributed by atoms with Crippen molar-refractivity contribution in [3.63, 3.8) is 0 Å². The molecule has 0 saturated carbocycles. The molecular weight excluding hydrogens is 280 g/mol. The molecule has 2 aliphatic rings. The number of aryl methyl sites for hydroxylation is 2. The van der Waals surface area contributed by atoms with E-state index in [-0.39, 0.29) is 5.91 Å². The van der Waals surface area contributed by atoms with Gasteiger partial charge in [-0.25, -0.2) is 0 Å². The van der Waals surface area contributed by atoms with Crippen molar-refractivity contribution < 1.29 is 4.79 Å². The molecule has 1 unspecified atom stereocenters. The SMILES string of the molecule is NC1C(=O)Nc2cc(Sc3ccc4c(c3)CCC4)ccc21. The summed E-state index contributed by atoms with van der Waals surface area (Å²) in [6.07, 6.45) is 3.67. The second-order valence-electron chi connectivity index (χ2n) is 5.60. The van der Waals surface area contributed by atoms with E-state index in [1.807, 2.05) is 18.2 Å². The van der Waals surface area contributed by atoms with Crippen LogP contribution in [0.15, 0.2) is 46.2 Å². The number of hydrogen-bond donors (Lipinski definition) is 2. The van der Waals surface area contributed by atoms with Gasteiger partial charge in [0.05, 0.1) is 0 Å². The molecule has 1 aliphatic heterocycles. The van der Waals surface area contributed by atoms with Crippen molar-refractivity contribution in [3.8, 4) is 0 Å². The molecule has 21 heavy (non-hydrogen) atoms. The third-order valence-electron chi connectivity index (χ3n) is 4.21. The molecule has 2 aromatic rings. The fourth-order valence-electron chi connectivity index (χ4n) is 3.08. The van der Waals surface area contributed by atoms with E-state index in [0.717, 1.165) is 16.1 Å². The van der Waals surface area contributed by atoms with Crippen LogP contribution in [0.25, 0.3) is 0 Å². The lowest BCUT2D eigenvalue weighted by Crippen LogP contribution is -2.19. The van der Waals surface area contributed by atoms with E-state index in [4.69, 9.17) is 5.73 Å². The Hall–Kier alpha value is -1.78. The summed E-state index contributed by atoms with van der Waals surface area (Å²) in [6, 6.07) is 12.2. The van der Waals surface area contributed by atoms with Gasteiger partial charge in [-0.3, -0.25) is 4.79 Å². The van der Waals surface area contributed by atoms with E-state index in [2.05, 4.69) is 23.5 Å². The minimum Gasteiger partial charge on any atom is -0.324 e. The summed E-state index contributed by atoms with van der Waals surface area (Å²) in [7, 11) is 0. The Morgan fingerprint density at radius 1 is 1.05 bits per heavy atom. The van der Waals surface area contributed by atoms with Crippen LogP contribution in [0.2, 0.25) is 0 Å². The van der Waals surface area contributed by atoms with Crippen molar-refractivity contribution in [1.29, 1.82) is 0 Å². The van der Waals surface area contributed by atoms with Crippen LogP contribution in [0.4, 0.5) is 5.69 Å². The van der Waals surface area contributed by atoms with Gasteiger partial charge in [0.25, 0.3) is 0 Å². The predicted octanol–water partition coefficient (Wildman–Crippen LogP) is 3.28. The summed E-state index contributed by atoms with van der Waals surface area (Å²) in [5.41, 5.74) is 10.5. The molecule has 3 nitrogen and oxygen atoms in total. The summed E-state index contributed by atoms with van der Waals surface area (Å²) >= 11 is 1.73. The Morgan fingerprint density at radius 2 is 1.81 bits per heavy atom. The molecule has 0 radical (unpaired) electrons. The first-order valence-electron chi connectivity index (χ1n) is 7.21. The molecule has 0 bridgehead atoms. The number of anilines is 1. The van der Waals surface area contributed by atoms with Gasteiger partial charge in [0.1, 0.15) is 6.04 Å². The minimum absolute atomic E-state index is 0.121. The smallest absolute Gasteiger partial charge is 0.245 e. The second-order valence-corrected chi connectivity index (χ2v) is 6.75. The fraction of sp³-hybridized carbons (Fsp3) is 0.235. The number of nitrogens with two attached hydrogens (primary N) is 1. The largest absolute Gasteiger partial charge is 0.324 e. The summed E-state index contributed by atoms with van der Waals surface area (Å²) in [6.45, 7) is 0. The van der Waals surface area contributed by atoms with Crippen LogP contribution >= 0.6 is 11.8 Å². The molecule has 4 rings (SSSR count). The van der Waals surface area contributed by atoms with E-state index in [0.29, 0.717) is 0 Å². The highest BCUT2D eigenvalue weighted by atomic mass is 32.2. The first-order valence-corrected chi connectivity index (χ1v) is 8.02. The van der Waals surface area contributed by atoms with Crippen LogP contribution in [0.1, 0.15) is 29.2 Å². The number of nitrogens with one attached hydrogen (secondary N) is 1. The van der Waals surface area contributed by atoms with Crippen molar-refractivity contribution >= 4 is 23.4 Å². The van der Waals surface area contributed by atoms with Crippen molar-refractivity contribution in [3.05, 3.63) is 53.1 Å². The van der Waals surface area contributed by atoms with Crippen LogP contribution in [0.5, 0.6) is 0 Å². The van der Waals surface area contributed by atoms with Gasteiger partial charge in [-0.15, -0.1) is 0 Å². The Balaban J connectivity index is 1.61. The summed E-state index contributed by atoms with van der Waals surface area (Å²) in [5.74, 6) is -0.121. The topological polar surface area (TPSA) is 55.1 Å². The highest BCUT2D eigenvalue weighted by Gasteiger charge is 2.27. The first kappa shape index (κ1) is 12.9. The lowest BCUT2D eigenvalue weighted by molar-refractivity contribution is -0.116. The van der Waals surface area contributed by atoms with Crippen molar-refractivity contribution in [2.75, 3.05) is 5.32 Å². The number of carbonyl (C=O) groups is 1. The van der Waals surface area contributed by atoms with E-state index >= 15 is 0 Å². The van der Waals surface area contributed by atoms with E-state index in [9.17, 15) is 4.79 Å². The average molecular weight is 296 g/mol. The van der Waals surface area contributed by atoms with Gasteiger partial charge in [-0.05, 0) is 54.7 Å². The zero-order valence-corrected chi connectivity index (χ0v) is 12.4. The number of benzene rings is 2. The van der Waals surface area contributed by atoms with Gasteiger partial charge in [0.15, 0.2) is 0 Å². The number of rotatable bonds is 2. The number of amides is 1. The zero-order chi connectivity index (χ0) is 14.4. The normalized spacial score (nSPS) is 19.3. The molecule has 0 spiro atoms. The van der Waals surface area contributed by atoms with Crippen LogP contribution in [0.3, 0.4) is 0 Å². The van der Waals surface area contributed by atoms with E-state index in [1.165, 1.54) is 35.3 Å². The number of hydrogen-bond acceptors (Lipinski definition) is 3. The Labute approximate surface area is 127 Å². The lowest BCUT2D eigenvalue weighted by atomic mass is 10.1. The van der Waals surface area contributed by atoms with Crippen molar-refractivity contribution in [2.24, 2.45) is 5.73 Å². The summed E-state index contributed by atoms with van der Waals surface area (Å²) < 4.78 is 0. The lowest BCUT2D eigenvalue weighted by Gasteiger charge is -2.07. The standard InChI is InChI=1S/C17H16N2OS/c18-16-14-7-6-13(9-15(14)19-17(16)20)21-12-5-4-10-2-1-3-11(10)8-12/h4-9,16H,1-3,18H2,(H,19,20). The molecule has 106 valence electrons. The third kappa shape index (κ3) is 2.24. The Bertz CT molecular complexity index is 742. The van der Waals surface area contributed by atoms with Crippen LogP contribution in [0, 0.1) is 0 Å². The van der Waals surface area contributed by atoms with Crippen molar-refractivity contribution in [1.82, 2.24) is 0 Å². The van der Waals surface area contributed by atoms with Crippen molar-refractivity contribution in [2.45, 2.75) is 35.1 Å². The maximum atomic E-state index is 11.6.